The molecule has 1 aromatic heterocycles. The van der Waals surface area contributed by atoms with Gasteiger partial charge in [-0.1, -0.05) is 19.3 Å². The second kappa shape index (κ2) is 8.88. The van der Waals surface area contributed by atoms with Crippen LogP contribution in [-0.2, 0) is 9.53 Å². The number of hydrogen-bond acceptors (Lipinski definition) is 6. The smallest absolute Gasteiger partial charge is 0.408 e. The summed E-state index contributed by atoms with van der Waals surface area (Å²) < 4.78 is 5.11. The molecule has 0 aromatic carbocycles. The van der Waals surface area contributed by atoms with Gasteiger partial charge in [-0.3, -0.25) is 4.79 Å². The maximum Gasteiger partial charge on any atom is 0.408 e. The van der Waals surface area contributed by atoms with Crippen LogP contribution in [0.1, 0.15) is 52.9 Å². The normalized spacial score (nSPS) is 20.0. The highest BCUT2D eigenvalue weighted by Gasteiger charge is 2.31. The van der Waals surface area contributed by atoms with Crippen LogP contribution in [0.15, 0.2) is 12.1 Å². The van der Waals surface area contributed by atoms with Gasteiger partial charge >= 0.3 is 6.09 Å². The molecular formula is C21H33N5O3. The Labute approximate surface area is 172 Å². The minimum Gasteiger partial charge on any atom is -0.444 e. The van der Waals surface area contributed by atoms with Crippen LogP contribution in [0.3, 0.4) is 0 Å². The number of nitrogens with one attached hydrogen (secondary N) is 2. The highest BCUT2D eigenvalue weighted by molar-refractivity contribution is 5.96. The molecule has 1 aliphatic heterocycles. The first-order chi connectivity index (χ1) is 13.7. The Bertz CT molecular complexity index is 742. The number of ether oxygens (including phenoxy) is 1. The summed E-state index contributed by atoms with van der Waals surface area (Å²) in [6.45, 7) is 7.10. The van der Waals surface area contributed by atoms with E-state index < -0.39 is 11.7 Å². The van der Waals surface area contributed by atoms with Crippen molar-refractivity contribution in [3.8, 4) is 0 Å². The van der Waals surface area contributed by atoms with Gasteiger partial charge in [-0.05, 0) is 57.6 Å². The molecule has 2 heterocycles. The Morgan fingerprint density at radius 3 is 2.55 bits per heavy atom. The zero-order valence-corrected chi connectivity index (χ0v) is 17.7. The van der Waals surface area contributed by atoms with E-state index in [4.69, 9.17) is 10.5 Å². The number of pyridine rings is 1. The predicted molar refractivity (Wildman–Crippen MR) is 114 cm³/mol. The second-order valence-corrected chi connectivity index (χ2v) is 9.05. The summed E-state index contributed by atoms with van der Waals surface area (Å²) in [6, 6.07) is 3.67. The van der Waals surface area contributed by atoms with E-state index in [2.05, 4.69) is 20.5 Å². The van der Waals surface area contributed by atoms with Crippen LogP contribution in [0.5, 0.6) is 0 Å². The first kappa shape index (κ1) is 21.2. The van der Waals surface area contributed by atoms with Crippen molar-refractivity contribution in [2.24, 2.45) is 11.8 Å². The molecule has 8 heteroatoms. The number of carbonyl (C=O) groups excluding carboxylic acids is 2. The zero-order chi connectivity index (χ0) is 21.0. The van der Waals surface area contributed by atoms with Crippen molar-refractivity contribution >= 4 is 29.3 Å². The molecular weight excluding hydrogens is 370 g/mol. The summed E-state index contributed by atoms with van der Waals surface area (Å²) in [7, 11) is 0. The molecule has 2 amide bonds. The maximum atomic E-state index is 12.1. The first-order valence-electron chi connectivity index (χ1n) is 10.5. The molecule has 1 atom stereocenters. The molecule has 0 bridgehead atoms. The van der Waals surface area contributed by atoms with Crippen molar-refractivity contribution in [2.45, 2.75) is 58.5 Å². The lowest BCUT2D eigenvalue weighted by molar-refractivity contribution is -0.115. The number of carbonyl (C=O) groups is 2. The van der Waals surface area contributed by atoms with Gasteiger partial charge in [0, 0.05) is 13.1 Å². The van der Waals surface area contributed by atoms with Gasteiger partial charge < -0.3 is 26.0 Å². The third kappa shape index (κ3) is 5.98. The van der Waals surface area contributed by atoms with Crippen LogP contribution in [0.4, 0.5) is 22.1 Å². The quantitative estimate of drug-likeness (QED) is 0.697. The summed E-state index contributed by atoms with van der Waals surface area (Å²) in [4.78, 5) is 30.6. The van der Waals surface area contributed by atoms with Crippen molar-refractivity contribution in [2.75, 3.05) is 35.6 Å². The fourth-order valence-corrected chi connectivity index (χ4v) is 3.92. The Kier molecular flexibility index (Phi) is 6.49. The van der Waals surface area contributed by atoms with Gasteiger partial charge in [-0.2, -0.15) is 0 Å². The molecule has 1 aliphatic carbocycles. The van der Waals surface area contributed by atoms with Crippen LogP contribution >= 0.6 is 0 Å². The summed E-state index contributed by atoms with van der Waals surface area (Å²) in [6.07, 6.45) is 5.92. The Balaban J connectivity index is 1.52. The number of aromatic nitrogens is 1. The summed E-state index contributed by atoms with van der Waals surface area (Å²) >= 11 is 0. The van der Waals surface area contributed by atoms with Crippen LogP contribution in [0, 0.1) is 11.8 Å². The lowest BCUT2D eigenvalue weighted by atomic mass is 9.73. The van der Waals surface area contributed by atoms with E-state index in [0.717, 1.165) is 30.7 Å². The van der Waals surface area contributed by atoms with Crippen molar-refractivity contribution < 1.29 is 14.3 Å². The third-order valence-electron chi connectivity index (χ3n) is 5.57. The van der Waals surface area contributed by atoms with E-state index in [9.17, 15) is 9.59 Å². The molecule has 0 spiro atoms. The molecule has 1 unspecified atom stereocenters. The Hall–Kier alpha value is -2.51. The monoisotopic (exact) mass is 403 g/mol. The van der Waals surface area contributed by atoms with Gasteiger partial charge in [-0.15, -0.1) is 0 Å². The van der Waals surface area contributed by atoms with E-state index >= 15 is 0 Å². The largest absolute Gasteiger partial charge is 0.444 e. The van der Waals surface area contributed by atoms with Gasteiger partial charge in [0.2, 0.25) is 5.91 Å². The topological polar surface area (TPSA) is 110 Å². The number of nitrogens with two attached hydrogens (primary N) is 1. The van der Waals surface area contributed by atoms with E-state index in [1.807, 2.05) is 6.07 Å². The average molecular weight is 404 g/mol. The fraction of sp³-hybridized carbons (Fsp3) is 0.667. The molecule has 1 saturated carbocycles. The van der Waals surface area contributed by atoms with Crippen molar-refractivity contribution in [3.63, 3.8) is 0 Å². The number of anilines is 3. The maximum absolute atomic E-state index is 12.1. The van der Waals surface area contributed by atoms with Crippen molar-refractivity contribution in [1.29, 1.82) is 0 Å². The molecule has 8 nitrogen and oxygen atoms in total. The highest BCUT2D eigenvalue weighted by Crippen LogP contribution is 2.38. The van der Waals surface area contributed by atoms with Crippen LogP contribution in [0.2, 0.25) is 0 Å². The van der Waals surface area contributed by atoms with Gasteiger partial charge in [0.05, 0.1) is 5.69 Å². The van der Waals surface area contributed by atoms with Gasteiger partial charge in [0.25, 0.3) is 0 Å². The third-order valence-corrected chi connectivity index (χ3v) is 5.57. The van der Waals surface area contributed by atoms with E-state index in [-0.39, 0.29) is 18.3 Å². The summed E-state index contributed by atoms with van der Waals surface area (Å²) in [5.41, 5.74) is 5.91. The Morgan fingerprint density at radius 1 is 1.21 bits per heavy atom. The second-order valence-electron chi connectivity index (χ2n) is 9.05. The predicted octanol–water partition coefficient (Wildman–Crippen LogP) is 3.14. The lowest BCUT2D eigenvalue weighted by Gasteiger charge is -2.41. The zero-order valence-electron chi connectivity index (χ0n) is 17.7. The Morgan fingerprint density at radius 2 is 1.93 bits per heavy atom. The molecule has 1 aromatic rings. The van der Waals surface area contributed by atoms with Gasteiger partial charge in [0.15, 0.2) is 0 Å². The van der Waals surface area contributed by atoms with Crippen molar-refractivity contribution in [1.82, 2.24) is 10.3 Å². The SMILES string of the molecule is CC(C)(C)OC(=O)NCC(=O)Nc1ccc(N2CCCC(C3CCC3)C2)nc1N. The van der Waals surface area contributed by atoms with Crippen LogP contribution in [0.25, 0.3) is 0 Å². The molecule has 4 N–H and O–H groups in total. The molecule has 3 rings (SSSR count). The number of nitrogen functional groups attached to an aromatic ring is 1. The number of alkyl carbamates (subject to hydrolysis) is 1. The van der Waals surface area contributed by atoms with E-state index in [0.29, 0.717) is 5.69 Å². The number of rotatable bonds is 5. The number of hydrogen-bond donors (Lipinski definition) is 3. The first-order valence-corrected chi connectivity index (χ1v) is 10.5. The number of amides is 2. The van der Waals surface area contributed by atoms with Gasteiger partial charge in [-0.25, -0.2) is 9.78 Å². The van der Waals surface area contributed by atoms with Gasteiger partial charge in [0.1, 0.15) is 23.8 Å². The summed E-state index contributed by atoms with van der Waals surface area (Å²) in [5.74, 6) is 2.36. The number of nitrogens with zero attached hydrogens (tertiary/aromatic N) is 2. The number of piperidine rings is 1. The van der Waals surface area contributed by atoms with Crippen molar-refractivity contribution in [3.05, 3.63) is 12.1 Å². The highest BCUT2D eigenvalue weighted by atomic mass is 16.6. The standard InChI is InChI=1S/C21H33N5O3/c1-21(2,3)29-20(28)23-12-18(27)24-16-9-10-17(25-19(16)22)26-11-5-8-15(13-26)14-6-4-7-14/h9-10,14-15H,4-8,11-13H2,1-3H3,(H2,22,25)(H,23,28)(H,24,27). The average Bonchev–Trinajstić information content (AvgIpc) is 2.59. The minimum absolute atomic E-state index is 0.203. The summed E-state index contributed by atoms with van der Waals surface area (Å²) in [5, 5.41) is 5.11. The minimum atomic E-state index is -0.639. The molecule has 1 saturated heterocycles. The lowest BCUT2D eigenvalue weighted by Crippen LogP contribution is -2.40. The molecule has 2 fully saturated rings. The fourth-order valence-electron chi connectivity index (χ4n) is 3.92. The van der Waals surface area contributed by atoms with Crippen LogP contribution in [-0.4, -0.2) is 42.2 Å². The molecule has 0 radical (unpaired) electrons. The molecule has 29 heavy (non-hydrogen) atoms. The van der Waals surface area contributed by atoms with Crippen LogP contribution < -0.4 is 21.3 Å². The van der Waals surface area contributed by atoms with E-state index in [1.54, 1.807) is 26.8 Å². The molecule has 160 valence electrons. The van der Waals surface area contributed by atoms with E-state index in [1.165, 1.54) is 32.1 Å². The molecule has 2 aliphatic rings.